The minimum Gasteiger partial charge on any atom is -0.391 e. The van der Waals surface area contributed by atoms with Crippen LogP contribution >= 0.6 is 12.2 Å². The van der Waals surface area contributed by atoms with Gasteiger partial charge in [-0.15, -0.1) is 0 Å². The normalized spacial score (nSPS) is 19.7. The molecule has 1 aliphatic carbocycles. The number of hydrogen-bond acceptors (Lipinski definition) is 2. The molecule has 4 heteroatoms. The van der Waals surface area contributed by atoms with E-state index in [1.807, 2.05) is 13.8 Å². The SMILES string of the molecule is CC(C)CC(=O)NC1(C(N)=S)CCCCCC1. The number of nitrogens with one attached hydrogen (secondary N) is 1. The maximum absolute atomic E-state index is 11.9. The molecule has 0 saturated heterocycles. The summed E-state index contributed by atoms with van der Waals surface area (Å²) in [5, 5.41) is 3.10. The Labute approximate surface area is 110 Å². The molecule has 0 unspecified atom stereocenters. The number of rotatable bonds is 4. The van der Waals surface area contributed by atoms with Crippen molar-refractivity contribution in [3.05, 3.63) is 0 Å². The maximum Gasteiger partial charge on any atom is 0.221 e. The first-order valence-corrected chi connectivity index (χ1v) is 6.98. The summed E-state index contributed by atoms with van der Waals surface area (Å²) < 4.78 is 0. The van der Waals surface area contributed by atoms with Crippen molar-refractivity contribution in [3.8, 4) is 0 Å². The van der Waals surface area contributed by atoms with Crippen LogP contribution in [0.25, 0.3) is 0 Å². The second-order valence-corrected chi connectivity index (χ2v) is 5.95. The first-order valence-electron chi connectivity index (χ1n) is 6.57. The smallest absolute Gasteiger partial charge is 0.221 e. The highest BCUT2D eigenvalue weighted by Gasteiger charge is 2.35. The summed E-state index contributed by atoms with van der Waals surface area (Å²) in [6.45, 7) is 4.08. The minimum atomic E-state index is -0.419. The minimum absolute atomic E-state index is 0.0784. The van der Waals surface area contributed by atoms with E-state index in [9.17, 15) is 4.79 Å². The summed E-state index contributed by atoms with van der Waals surface area (Å²) in [5.41, 5.74) is 5.45. The lowest BCUT2D eigenvalue weighted by molar-refractivity contribution is -0.123. The second kappa shape index (κ2) is 6.34. The molecule has 1 aliphatic rings. The molecule has 0 aromatic carbocycles. The van der Waals surface area contributed by atoms with Crippen molar-refractivity contribution in [3.63, 3.8) is 0 Å². The van der Waals surface area contributed by atoms with Crippen LogP contribution in [0.15, 0.2) is 0 Å². The van der Waals surface area contributed by atoms with Gasteiger partial charge in [0.15, 0.2) is 0 Å². The van der Waals surface area contributed by atoms with Gasteiger partial charge in [-0.2, -0.15) is 0 Å². The molecule has 0 radical (unpaired) electrons. The van der Waals surface area contributed by atoms with E-state index >= 15 is 0 Å². The van der Waals surface area contributed by atoms with Gasteiger partial charge in [-0.05, 0) is 18.8 Å². The van der Waals surface area contributed by atoms with E-state index < -0.39 is 5.54 Å². The third-order valence-corrected chi connectivity index (χ3v) is 3.79. The lowest BCUT2D eigenvalue weighted by atomic mass is 9.89. The summed E-state index contributed by atoms with van der Waals surface area (Å²) in [6, 6.07) is 0. The lowest BCUT2D eigenvalue weighted by Crippen LogP contribution is -2.56. The summed E-state index contributed by atoms with van der Waals surface area (Å²) in [5.74, 6) is 0.443. The molecule has 0 aromatic rings. The van der Waals surface area contributed by atoms with Gasteiger partial charge in [-0.25, -0.2) is 0 Å². The van der Waals surface area contributed by atoms with E-state index in [0.29, 0.717) is 17.3 Å². The van der Waals surface area contributed by atoms with Gasteiger partial charge in [0.25, 0.3) is 0 Å². The molecular formula is C13H24N2OS. The van der Waals surface area contributed by atoms with Gasteiger partial charge >= 0.3 is 0 Å². The van der Waals surface area contributed by atoms with Gasteiger partial charge in [0.05, 0.1) is 10.5 Å². The van der Waals surface area contributed by atoms with Gasteiger partial charge in [-0.3, -0.25) is 4.79 Å². The van der Waals surface area contributed by atoms with Crippen molar-refractivity contribution >= 4 is 23.1 Å². The zero-order valence-electron chi connectivity index (χ0n) is 10.9. The highest BCUT2D eigenvalue weighted by Crippen LogP contribution is 2.27. The van der Waals surface area contributed by atoms with Crippen molar-refractivity contribution in [2.75, 3.05) is 0 Å². The monoisotopic (exact) mass is 256 g/mol. The van der Waals surface area contributed by atoms with Gasteiger partial charge in [0.2, 0.25) is 5.91 Å². The fourth-order valence-electron chi connectivity index (χ4n) is 2.45. The summed E-state index contributed by atoms with van der Waals surface area (Å²) in [7, 11) is 0. The molecule has 1 saturated carbocycles. The van der Waals surface area contributed by atoms with Crippen LogP contribution in [-0.4, -0.2) is 16.4 Å². The number of carbonyl (C=O) groups excluding carboxylic acids is 1. The van der Waals surface area contributed by atoms with Gasteiger partial charge < -0.3 is 11.1 Å². The Morgan fingerprint density at radius 2 is 1.82 bits per heavy atom. The summed E-state index contributed by atoms with van der Waals surface area (Å²) in [6.07, 6.45) is 6.95. The lowest BCUT2D eigenvalue weighted by Gasteiger charge is -2.33. The number of hydrogen-bond donors (Lipinski definition) is 2. The zero-order chi connectivity index (χ0) is 12.9. The fraction of sp³-hybridized carbons (Fsp3) is 0.846. The quantitative estimate of drug-likeness (QED) is 0.600. The summed E-state index contributed by atoms with van der Waals surface area (Å²) >= 11 is 5.18. The molecule has 0 aromatic heterocycles. The van der Waals surface area contributed by atoms with Crippen LogP contribution in [-0.2, 0) is 4.79 Å². The molecular weight excluding hydrogens is 232 g/mol. The third-order valence-electron chi connectivity index (χ3n) is 3.40. The Balaban J connectivity index is 2.70. The van der Waals surface area contributed by atoms with E-state index in [1.54, 1.807) is 0 Å². The van der Waals surface area contributed by atoms with Crippen LogP contribution in [0.4, 0.5) is 0 Å². The topological polar surface area (TPSA) is 55.1 Å². The molecule has 1 fully saturated rings. The number of carbonyl (C=O) groups is 1. The van der Waals surface area contributed by atoms with Gasteiger partial charge in [-0.1, -0.05) is 51.7 Å². The van der Waals surface area contributed by atoms with E-state index in [4.69, 9.17) is 18.0 Å². The van der Waals surface area contributed by atoms with E-state index in [-0.39, 0.29) is 5.91 Å². The van der Waals surface area contributed by atoms with Crippen molar-refractivity contribution in [2.24, 2.45) is 11.7 Å². The largest absolute Gasteiger partial charge is 0.391 e. The molecule has 0 atom stereocenters. The van der Waals surface area contributed by atoms with Crippen LogP contribution in [0.5, 0.6) is 0 Å². The Morgan fingerprint density at radius 3 is 2.24 bits per heavy atom. The highest BCUT2D eigenvalue weighted by molar-refractivity contribution is 7.80. The summed E-state index contributed by atoms with van der Waals surface area (Å²) in [4.78, 5) is 12.4. The van der Waals surface area contributed by atoms with Crippen LogP contribution in [0.2, 0.25) is 0 Å². The standard InChI is InChI=1S/C13H24N2OS/c1-10(2)9-11(16)15-13(12(14)17)7-5-3-4-6-8-13/h10H,3-9H2,1-2H3,(H2,14,17)(H,15,16). The molecule has 0 spiro atoms. The molecule has 17 heavy (non-hydrogen) atoms. The number of amides is 1. The Kier molecular flexibility index (Phi) is 5.37. The molecule has 0 aliphatic heterocycles. The first kappa shape index (κ1) is 14.4. The van der Waals surface area contributed by atoms with Crippen molar-refractivity contribution in [1.29, 1.82) is 0 Å². The average molecular weight is 256 g/mol. The van der Waals surface area contributed by atoms with Crippen molar-refractivity contribution in [2.45, 2.75) is 64.3 Å². The third kappa shape index (κ3) is 4.26. The Hall–Kier alpha value is -0.640. The Morgan fingerprint density at radius 1 is 1.29 bits per heavy atom. The molecule has 98 valence electrons. The van der Waals surface area contributed by atoms with Crippen molar-refractivity contribution < 1.29 is 4.79 Å². The van der Waals surface area contributed by atoms with Crippen LogP contribution in [0.1, 0.15) is 58.8 Å². The molecule has 1 rings (SSSR count). The maximum atomic E-state index is 11.9. The van der Waals surface area contributed by atoms with Gasteiger partial charge in [0.1, 0.15) is 0 Å². The van der Waals surface area contributed by atoms with Crippen molar-refractivity contribution in [1.82, 2.24) is 5.32 Å². The second-order valence-electron chi connectivity index (χ2n) is 5.51. The van der Waals surface area contributed by atoms with Crippen LogP contribution in [0, 0.1) is 5.92 Å². The fourth-order valence-corrected chi connectivity index (χ4v) is 2.71. The molecule has 3 N–H and O–H groups in total. The predicted molar refractivity (Wildman–Crippen MR) is 74.8 cm³/mol. The van der Waals surface area contributed by atoms with Crippen LogP contribution in [0.3, 0.4) is 0 Å². The Bertz CT molecular complexity index is 281. The first-order chi connectivity index (χ1) is 7.96. The molecule has 0 bridgehead atoms. The van der Waals surface area contributed by atoms with Crippen LogP contribution < -0.4 is 11.1 Å². The van der Waals surface area contributed by atoms with E-state index in [2.05, 4.69) is 5.32 Å². The van der Waals surface area contributed by atoms with E-state index in [1.165, 1.54) is 12.8 Å². The molecule has 1 amide bonds. The highest BCUT2D eigenvalue weighted by atomic mass is 32.1. The zero-order valence-corrected chi connectivity index (χ0v) is 11.7. The average Bonchev–Trinajstić information content (AvgIpc) is 2.42. The number of thiocarbonyl (C=S) groups is 1. The predicted octanol–water partition coefficient (Wildman–Crippen LogP) is 2.53. The molecule has 0 heterocycles. The van der Waals surface area contributed by atoms with E-state index in [0.717, 1.165) is 25.7 Å². The number of nitrogens with two attached hydrogens (primary N) is 1. The molecule has 3 nitrogen and oxygen atoms in total. The van der Waals surface area contributed by atoms with Gasteiger partial charge in [0, 0.05) is 6.42 Å².